The van der Waals surface area contributed by atoms with Crippen LogP contribution in [0.25, 0.3) is 5.76 Å². The number of Topliss-reactive ketones (excluding diaryl/α,β-unsaturated/α-hetero) is 1. The van der Waals surface area contributed by atoms with E-state index < -0.39 is 17.7 Å². The number of hydrogen-bond acceptors (Lipinski definition) is 6. The van der Waals surface area contributed by atoms with Crippen molar-refractivity contribution in [1.82, 2.24) is 9.80 Å². The molecule has 0 aliphatic carbocycles. The van der Waals surface area contributed by atoms with Crippen molar-refractivity contribution < 1.29 is 24.2 Å². The fraction of sp³-hybridized carbons (Fsp3) is 0.429. The molecule has 2 aliphatic heterocycles. The maximum absolute atomic E-state index is 13.3. The summed E-state index contributed by atoms with van der Waals surface area (Å²) in [6.07, 6.45) is 0.894. The number of carbonyl (C=O) groups excluding carboxylic acids is 2. The van der Waals surface area contributed by atoms with Crippen molar-refractivity contribution in [3.05, 3.63) is 70.3 Å². The van der Waals surface area contributed by atoms with Gasteiger partial charge < -0.3 is 19.5 Å². The predicted octanol–water partition coefficient (Wildman–Crippen LogP) is 3.85. The van der Waals surface area contributed by atoms with Gasteiger partial charge in [0.1, 0.15) is 11.5 Å². The SMILES string of the molecule is CCCOc1ccc(/C(O)=C2\C(=O)C(=O)N(CCN3CCOCC3)C2c2ccc(C)cc2)c(C)c1. The van der Waals surface area contributed by atoms with Crippen molar-refractivity contribution in [2.24, 2.45) is 0 Å². The van der Waals surface area contributed by atoms with Gasteiger partial charge in [0.2, 0.25) is 0 Å². The third-order valence-electron chi connectivity index (χ3n) is 6.62. The third kappa shape index (κ3) is 5.41. The molecule has 2 aliphatic rings. The van der Waals surface area contributed by atoms with Crippen LogP contribution in [0.15, 0.2) is 48.0 Å². The van der Waals surface area contributed by atoms with E-state index in [9.17, 15) is 14.7 Å². The largest absolute Gasteiger partial charge is 0.507 e. The first-order valence-electron chi connectivity index (χ1n) is 12.3. The molecule has 4 rings (SSSR count). The smallest absolute Gasteiger partial charge is 0.295 e. The summed E-state index contributed by atoms with van der Waals surface area (Å²) in [4.78, 5) is 30.3. The number of rotatable bonds is 8. The number of carbonyl (C=O) groups is 2. The molecule has 2 saturated heterocycles. The highest BCUT2D eigenvalue weighted by atomic mass is 16.5. The number of benzene rings is 2. The molecule has 0 saturated carbocycles. The van der Waals surface area contributed by atoms with Gasteiger partial charge in [-0.15, -0.1) is 0 Å². The molecule has 0 spiro atoms. The number of morpholine rings is 1. The zero-order valence-electron chi connectivity index (χ0n) is 20.8. The maximum Gasteiger partial charge on any atom is 0.295 e. The minimum Gasteiger partial charge on any atom is -0.507 e. The fourth-order valence-electron chi connectivity index (χ4n) is 4.64. The number of aliphatic hydroxyl groups excluding tert-OH is 1. The molecule has 35 heavy (non-hydrogen) atoms. The Balaban J connectivity index is 1.71. The van der Waals surface area contributed by atoms with Gasteiger partial charge in [0.05, 0.1) is 31.4 Å². The van der Waals surface area contributed by atoms with Gasteiger partial charge in [-0.05, 0) is 49.6 Å². The molecule has 1 atom stereocenters. The normalized spacial score (nSPS) is 20.4. The highest BCUT2D eigenvalue weighted by Crippen LogP contribution is 2.40. The van der Waals surface area contributed by atoms with E-state index in [4.69, 9.17) is 9.47 Å². The topological polar surface area (TPSA) is 79.3 Å². The summed E-state index contributed by atoms with van der Waals surface area (Å²) in [6, 6.07) is 12.5. The van der Waals surface area contributed by atoms with E-state index >= 15 is 0 Å². The molecule has 0 aromatic heterocycles. The van der Waals surface area contributed by atoms with Crippen molar-refractivity contribution in [1.29, 1.82) is 0 Å². The summed E-state index contributed by atoms with van der Waals surface area (Å²) in [5.74, 6) is -0.670. The molecule has 2 aromatic rings. The van der Waals surface area contributed by atoms with Crippen LogP contribution in [-0.4, -0.2) is 72.6 Å². The van der Waals surface area contributed by atoms with Crippen LogP contribution in [0.2, 0.25) is 0 Å². The predicted molar refractivity (Wildman–Crippen MR) is 134 cm³/mol. The standard InChI is InChI=1S/C28H34N2O5/c1-4-15-35-22-9-10-23(20(3)18-22)26(31)24-25(21-7-5-19(2)6-8-21)30(28(33)27(24)32)12-11-29-13-16-34-17-14-29/h5-10,18,25,31H,4,11-17H2,1-3H3/b26-24+. The van der Waals surface area contributed by atoms with Crippen LogP contribution in [0.3, 0.4) is 0 Å². The minimum atomic E-state index is -0.652. The number of likely N-dealkylation sites (tertiary alicyclic amines) is 1. The molecule has 2 fully saturated rings. The van der Waals surface area contributed by atoms with Gasteiger partial charge >= 0.3 is 0 Å². The Morgan fingerprint density at radius 3 is 2.43 bits per heavy atom. The van der Waals surface area contributed by atoms with E-state index in [1.54, 1.807) is 17.0 Å². The number of aryl methyl sites for hydroxylation is 2. The zero-order chi connectivity index (χ0) is 24.9. The molecule has 0 radical (unpaired) electrons. The highest BCUT2D eigenvalue weighted by molar-refractivity contribution is 6.46. The second kappa shape index (κ2) is 11.1. The fourth-order valence-corrected chi connectivity index (χ4v) is 4.64. The van der Waals surface area contributed by atoms with E-state index in [-0.39, 0.29) is 11.3 Å². The van der Waals surface area contributed by atoms with Gasteiger partial charge in [-0.2, -0.15) is 0 Å². The van der Waals surface area contributed by atoms with Crippen LogP contribution in [-0.2, 0) is 14.3 Å². The number of aliphatic hydroxyl groups is 1. The van der Waals surface area contributed by atoms with E-state index in [0.29, 0.717) is 44.2 Å². The Hall–Kier alpha value is -3.16. The summed E-state index contributed by atoms with van der Waals surface area (Å²) in [5, 5.41) is 11.4. The number of hydrogen-bond donors (Lipinski definition) is 1. The maximum atomic E-state index is 13.3. The van der Waals surface area contributed by atoms with E-state index in [1.165, 1.54) is 0 Å². The Morgan fingerprint density at radius 2 is 1.77 bits per heavy atom. The van der Waals surface area contributed by atoms with Gasteiger partial charge in [-0.25, -0.2) is 0 Å². The number of nitrogens with zero attached hydrogens (tertiary/aromatic N) is 2. The Labute approximate surface area is 206 Å². The molecular weight excluding hydrogens is 444 g/mol. The van der Waals surface area contributed by atoms with Crippen molar-refractivity contribution >= 4 is 17.4 Å². The molecule has 186 valence electrons. The first-order chi connectivity index (χ1) is 16.9. The van der Waals surface area contributed by atoms with Gasteiger partial charge in [0.25, 0.3) is 11.7 Å². The van der Waals surface area contributed by atoms with E-state index in [1.807, 2.05) is 51.1 Å². The second-order valence-corrected chi connectivity index (χ2v) is 9.18. The van der Waals surface area contributed by atoms with Crippen LogP contribution in [0.1, 0.15) is 41.6 Å². The molecule has 1 N–H and O–H groups in total. The average Bonchev–Trinajstić information content (AvgIpc) is 3.12. The summed E-state index contributed by atoms with van der Waals surface area (Å²) in [5.41, 5.74) is 3.32. The summed E-state index contributed by atoms with van der Waals surface area (Å²) in [6.45, 7) is 10.4. The van der Waals surface area contributed by atoms with Crippen LogP contribution in [0.4, 0.5) is 0 Å². The van der Waals surface area contributed by atoms with E-state index in [0.717, 1.165) is 36.2 Å². The lowest BCUT2D eigenvalue weighted by atomic mass is 9.93. The van der Waals surface area contributed by atoms with Crippen molar-refractivity contribution in [2.45, 2.75) is 33.2 Å². The summed E-state index contributed by atoms with van der Waals surface area (Å²) in [7, 11) is 0. The lowest BCUT2D eigenvalue weighted by Crippen LogP contribution is -2.42. The lowest BCUT2D eigenvalue weighted by molar-refractivity contribution is -0.140. The highest BCUT2D eigenvalue weighted by Gasteiger charge is 2.46. The first kappa shape index (κ1) is 24.9. The molecule has 7 heteroatoms. The van der Waals surface area contributed by atoms with Gasteiger partial charge in [0.15, 0.2) is 0 Å². The van der Waals surface area contributed by atoms with Crippen molar-refractivity contribution in [3.63, 3.8) is 0 Å². The summed E-state index contributed by atoms with van der Waals surface area (Å²) >= 11 is 0. The third-order valence-corrected chi connectivity index (χ3v) is 6.62. The number of ether oxygens (including phenoxy) is 2. The minimum absolute atomic E-state index is 0.131. The number of amides is 1. The van der Waals surface area contributed by atoms with E-state index in [2.05, 4.69) is 4.90 Å². The quantitative estimate of drug-likeness (QED) is 0.353. The molecule has 7 nitrogen and oxygen atoms in total. The second-order valence-electron chi connectivity index (χ2n) is 9.18. The Kier molecular flexibility index (Phi) is 7.88. The molecule has 1 unspecified atom stereocenters. The van der Waals surface area contributed by atoms with Crippen LogP contribution in [0, 0.1) is 13.8 Å². The molecule has 0 bridgehead atoms. The molecule has 2 heterocycles. The monoisotopic (exact) mass is 478 g/mol. The Bertz CT molecular complexity index is 1100. The molecular formula is C28H34N2O5. The van der Waals surface area contributed by atoms with Crippen LogP contribution in [0.5, 0.6) is 5.75 Å². The molecule has 2 aromatic carbocycles. The van der Waals surface area contributed by atoms with Gasteiger partial charge in [0, 0.05) is 31.7 Å². The van der Waals surface area contributed by atoms with Crippen molar-refractivity contribution in [2.75, 3.05) is 46.0 Å². The van der Waals surface area contributed by atoms with Crippen LogP contribution < -0.4 is 4.74 Å². The number of ketones is 1. The van der Waals surface area contributed by atoms with Gasteiger partial charge in [-0.3, -0.25) is 14.5 Å². The first-order valence-corrected chi connectivity index (χ1v) is 12.3. The lowest BCUT2D eigenvalue weighted by Gasteiger charge is -2.31. The average molecular weight is 479 g/mol. The molecule has 1 amide bonds. The van der Waals surface area contributed by atoms with Gasteiger partial charge in [-0.1, -0.05) is 36.8 Å². The Morgan fingerprint density at radius 1 is 1.06 bits per heavy atom. The summed E-state index contributed by atoms with van der Waals surface area (Å²) < 4.78 is 11.1. The zero-order valence-corrected chi connectivity index (χ0v) is 20.8. The van der Waals surface area contributed by atoms with Crippen LogP contribution >= 0.6 is 0 Å². The van der Waals surface area contributed by atoms with Crippen molar-refractivity contribution in [3.8, 4) is 5.75 Å².